The second-order valence-electron chi connectivity index (χ2n) is 5.37. The Balaban J connectivity index is 1.88. The summed E-state index contributed by atoms with van der Waals surface area (Å²) in [7, 11) is 0. The Morgan fingerprint density at radius 1 is 1.32 bits per heavy atom. The van der Waals surface area contributed by atoms with Crippen molar-refractivity contribution in [3.05, 3.63) is 35.6 Å². The van der Waals surface area contributed by atoms with Crippen molar-refractivity contribution in [2.45, 2.75) is 45.1 Å². The molecule has 0 N–H and O–H groups in total. The largest absolute Gasteiger partial charge is 0.298 e. The highest BCUT2D eigenvalue weighted by Crippen LogP contribution is 2.19. The van der Waals surface area contributed by atoms with Gasteiger partial charge in [-0.15, -0.1) is 0 Å². The van der Waals surface area contributed by atoms with Crippen molar-refractivity contribution in [1.29, 1.82) is 0 Å². The van der Waals surface area contributed by atoms with Crippen LogP contribution in [-0.2, 0) is 11.2 Å². The molecular weight excluding hydrogens is 241 g/mol. The van der Waals surface area contributed by atoms with Gasteiger partial charge in [-0.25, -0.2) is 4.39 Å². The topological polar surface area (TPSA) is 20.3 Å². The van der Waals surface area contributed by atoms with E-state index in [0.29, 0.717) is 19.0 Å². The standard InChI is InChI=1S/C16H22FNO/c1-2-15-5-3-4-10-18(15)12-16(19)11-13-6-8-14(17)9-7-13/h6-9,15H,2-5,10-12H2,1H3. The minimum atomic E-state index is -0.252. The van der Waals surface area contributed by atoms with Crippen molar-refractivity contribution >= 4 is 5.78 Å². The van der Waals surface area contributed by atoms with Crippen molar-refractivity contribution in [1.82, 2.24) is 4.90 Å². The number of ketones is 1. The molecule has 2 nitrogen and oxygen atoms in total. The van der Waals surface area contributed by atoms with Gasteiger partial charge in [0.25, 0.3) is 0 Å². The number of halogens is 1. The molecular formula is C16H22FNO. The third-order valence-electron chi connectivity index (χ3n) is 3.91. The summed E-state index contributed by atoms with van der Waals surface area (Å²) in [5, 5.41) is 0. The monoisotopic (exact) mass is 263 g/mol. The Kier molecular flexibility index (Phi) is 5.08. The number of nitrogens with zero attached hydrogens (tertiary/aromatic N) is 1. The van der Waals surface area contributed by atoms with Crippen molar-refractivity contribution in [3.63, 3.8) is 0 Å². The van der Waals surface area contributed by atoms with Gasteiger partial charge in [-0.05, 0) is 43.5 Å². The summed E-state index contributed by atoms with van der Waals surface area (Å²) in [5.74, 6) is -0.0229. The highest BCUT2D eigenvalue weighted by Gasteiger charge is 2.22. The molecule has 1 aliphatic rings. The van der Waals surface area contributed by atoms with Gasteiger partial charge in [-0.3, -0.25) is 9.69 Å². The first-order valence-corrected chi connectivity index (χ1v) is 7.19. The molecule has 1 aromatic carbocycles. The number of hydrogen-bond donors (Lipinski definition) is 0. The van der Waals surface area contributed by atoms with Crippen LogP contribution >= 0.6 is 0 Å². The number of carbonyl (C=O) groups is 1. The normalized spacial score (nSPS) is 20.4. The maximum Gasteiger partial charge on any atom is 0.151 e. The number of rotatable bonds is 5. The molecule has 3 heteroatoms. The van der Waals surface area contributed by atoms with E-state index in [9.17, 15) is 9.18 Å². The van der Waals surface area contributed by atoms with E-state index in [1.165, 1.54) is 31.4 Å². The summed E-state index contributed by atoms with van der Waals surface area (Å²) in [4.78, 5) is 14.4. The Morgan fingerprint density at radius 2 is 2.05 bits per heavy atom. The molecule has 1 saturated heterocycles. The molecule has 0 amide bonds. The van der Waals surface area contributed by atoms with Crippen LogP contribution in [0.1, 0.15) is 38.2 Å². The van der Waals surface area contributed by atoms with Crippen molar-refractivity contribution in [3.8, 4) is 0 Å². The molecule has 1 heterocycles. The van der Waals surface area contributed by atoms with Gasteiger partial charge >= 0.3 is 0 Å². The van der Waals surface area contributed by atoms with Crippen molar-refractivity contribution in [2.24, 2.45) is 0 Å². The Morgan fingerprint density at radius 3 is 2.74 bits per heavy atom. The quantitative estimate of drug-likeness (QED) is 0.813. The van der Waals surface area contributed by atoms with Crippen molar-refractivity contribution < 1.29 is 9.18 Å². The number of carbonyl (C=O) groups excluding carboxylic acids is 1. The van der Waals surface area contributed by atoms with E-state index in [0.717, 1.165) is 18.5 Å². The second-order valence-corrected chi connectivity index (χ2v) is 5.37. The van der Waals surface area contributed by atoms with Gasteiger partial charge in [-0.1, -0.05) is 25.5 Å². The van der Waals surface area contributed by atoms with E-state index in [-0.39, 0.29) is 11.6 Å². The van der Waals surface area contributed by atoms with Crippen molar-refractivity contribution in [2.75, 3.05) is 13.1 Å². The third-order valence-corrected chi connectivity index (χ3v) is 3.91. The molecule has 0 bridgehead atoms. The molecule has 1 unspecified atom stereocenters. The second kappa shape index (κ2) is 6.80. The summed E-state index contributed by atoms with van der Waals surface area (Å²) in [5.41, 5.74) is 0.899. The van der Waals surface area contributed by atoms with Gasteiger partial charge in [-0.2, -0.15) is 0 Å². The lowest BCUT2D eigenvalue weighted by molar-refractivity contribution is -0.120. The fourth-order valence-electron chi connectivity index (χ4n) is 2.84. The highest BCUT2D eigenvalue weighted by molar-refractivity contribution is 5.82. The molecule has 1 aromatic rings. The predicted molar refractivity (Wildman–Crippen MR) is 74.6 cm³/mol. The Bertz CT molecular complexity index is 415. The molecule has 2 rings (SSSR count). The third kappa shape index (κ3) is 4.13. The fraction of sp³-hybridized carbons (Fsp3) is 0.562. The van der Waals surface area contributed by atoms with E-state index < -0.39 is 0 Å². The van der Waals surface area contributed by atoms with Crippen LogP contribution in [0.5, 0.6) is 0 Å². The number of piperidine rings is 1. The van der Waals surface area contributed by atoms with Gasteiger partial charge in [0.1, 0.15) is 5.82 Å². The average Bonchev–Trinajstić information content (AvgIpc) is 2.42. The lowest BCUT2D eigenvalue weighted by Crippen LogP contribution is -2.42. The molecule has 19 heavy (non-hydrogen) atoms. The molecule has 0 radical (unpaired) electrons. The van der Waals surface area contributed by atoms with Gasteiger partial charge in [0, 0.05) is 12.5 Å². The molecule has 1 atom stereocenters. The fourth-order valence-corrected chi connectivity index (χ4v) is 2.84. The van der Waals surface area contributed by atoms with Crippen LogP contribution in [0.15, 0.2) is 24.3 Å². The van der Waals surface area contributed by atoms with E-state index >= 15 is 0 Å². The summed E-state index contributed by atoms with van der Waals surface area (Å²) < 4.78 is 12.8. The number of benzene rings is 1. The van der Waals surface area contributed by atoms with Crippen LogP contribution in [0.3, 0.4) is 0 Å². The van der Waals surface area contributed by atoms with E-state index in [1.54, 1.807) is 12.1 Å². The summed E-state index contributed by atoms with van der Waals surface area (Å²) in [6.45, 7) is 3.76. The van der Waals surface area contributed by atoms with Crippen LogP contribution in [0.4, 0.5) is 4.39 Å². The summed E-state index contributed by atoms with van der Waals surface area (Å²) in [6, 6.07) is 6.78. The first kappa shape index (κ1) is 14.2. The Labute approximate surface area is 114 Å². The summed E-state index contributed by atoms with van der Waals surface area (Å²) >= 11 is 0. The van der Waals surface area contributed by atoms with Crippen LogP contribution in [0.2, 0.25) is 0 Å². The smallest absolute Gasteiger partial charge is 0.151 e. The number of Topliss-reactive ketones (excluding diaryl/α,β-unsaturated/α-hetero) is 1. The van der Waals surface area contributed by atoms with Gasteiger partial charge < -0.3 is 0 Å². The van der Waals surface area contributed by atoms with Gasteiger partial charge in [0.2, 0.25) is 0 Å². The van der Waals surface area contributed by atoms with E-state index in [4.69, 9.17) is 0 Å². The zero-order valence-electron chi connectivity index (χ0n) is 11.6. The highest BCUT2D eigenvalue weighted by atomic mass is 19.1. The van der Waals surface area contributed by atoms with Gasteiger partial charge in [0.15, 0.2) is 5.78 Å². The number of hydrogen-bond acceptors (Lipinski definition) is 2. The molecule has 0 saturated carbocycles. The molecule has 104 valence electrons. The van der Waals surface area contributed by atoms with Gasteiger partial charge in [0.05, 0.1) is 6.54 Å². The zero-order chi connectivity index (χ0) is 13.7. The zero-order valence-corrected chi connectivity index (χ0v) is 11.6. The molecule has 0 spiro atoms. The van der Waals surface area contributed by atoms with Crippen LogP contribution in [0.25, 0.3) is 0 Å². The van der Waals surface area contributed by atoms with E-state index in [2.05, 4.69) is 11.8 Å². The first-order valence-electron chi connectivity index (χ1n) is 7.19. The Hall–Kier alpha value is -1.22. The number of likely N-dealkylation sites (tertiary alicyclic amines) is 1. The predicted octanol–water partition coefficient (Wildman–Crippen LogP) is 3.20. The molecule has 1 aliphatic heterocycles. The maximum atomic E-state index is 12.8. The minimum absolute atomic E-state index is 0.229. The first-order chi connectivity index (χ1) is 9.19. The minimum Gasteiger partial charge on any atom is -0.298 e. The van der Waals surface area contributed by atoms with Crippen LogP contribution in [0, 0.1) is 5.82 Å². The lowest BCUT2D eigenvalue weighted by Gasteiger charge is -2.34. The van der Waals surface area contributed by atoms with Crippen LogP contribution < -0.4 is 0 Å². The SMILES string of the molecule is CCC1CCCCN1CC(=O)Cc1ccc(F)cc1. The molecule has 0 aromatic heterocycles. The lowest BCUT2D eigenvalue weighted by atomic mass is 9.99. The van der Waals surface area contributed by atoms with E-state index in [1.807, 2.05) is 0 Å². The summed E-state index contributed by atoms with van der Waals surface area (Å²) in [6.07, 6.45) is 5.21. The molecule has 0 aliphatic carbocycles. The van der Waals surface area contributed by atoms with Crippen LogP contribution in [-0.4, -0.2) is 29.8 Å². The maximum absolute atomic E-state index is 12.8. The molecule has 1 fully saturated rings. The average molecular weight is 263 g/mol.